The monoisotopic (exact) mass is 312 g/mol. The van der Waals surface area contributed by atoms with E-state index in [1.54, 1.807) is 17.8 Å². The van der Waals surface area contributed by atoms with E-state index in [0.717, 1.165) is 50.8 Å². The maximum atomic E-state index is 11.6. The Labute approximate surface area is 129 Å². The molecule has 118 valence electrons. The van der Waals surface area contributed by atoms with Gasteiger partial charge in [0, 0.05) is 38.0 Å². The van der Waals surface area contributed by atoms with Gasteiger partial charge in [-0.05, 0) is 5.25 Å². The van der Waals surface area contributed by atoms with Gasteiger partial charge in [0.1, 0.15) is 0 Å². The van der Waals surface area contributed by atoms with Gasteiger partial charge in [-0.3, -0.25) is 14.7 Å². The minimum Gasteiger partial charge on any atom is -0.379 e. The molecule has 1 aliphatic heterocycles. The third-order valence-corrected chi connectivity index (χ3v) is 4.31. The van der Waals surface area contributed by atoms with E-state index >= 15 is 0 Å². The average Bonchev–Trinajstić information content (AvgIpc) is 2.46. The molecule has 21 heavy (non-hydrogen) atoms. The third kappa shape index (κ3) is 6.07. The fourth-order valence-electron chi connectivity index (χ4n) is 2.07. The van der Waals surface area contributed by atoms with Crippen molar-refractivity contribution in [1.82, 2.24) is 14.9 Å². The van der Waals surface area contributed by atoms with Crippen molar-refractivity contribution in [3.8, 4) is 0 Å². The number of ether oxygens (including phenoxy) is 1. The van der Waals surface area contributed by atoms with E-state index in [4.69, 9.17) is 4.74 Å². The summed E-state index contributed by atoms with van der Waals surface area (Å²) in [6.07, 6.45) is 0. The summed E-state index contributed by atoms with van der Waals surface area (Å²) < 4.78 is 5.32. The Hall–Kier alpha value is -1.05. The predicted molar refractivity (Wildman–Crippen MR) is 87.0 cm³/mol. The van der Waals surface area contributed by atoms with Crippen LogP contribution >= 0.6 is 11.8 Å². The van der Waals surface area contributed by atoms with Gasteiger partial charge in [0.25, 0.3) is 5.56 Å². The van der Waals surface area contributed by atoms with Crippen LogP contribution in [0.5, 0.6) is 0 Å². The van der Waals surface area contributed by atoms with Crippen LogP contribution in [0.25, 0.3) is 0 Å². The van der Waals surface area contributed by atoms with E-state index < -0.39 is 0 Å². The summed E-state index contributed by atoms with van der Waals surface area (Å²) in [5, 5.41) is 3.73. The van der Waals surface area contributed by atoms with Crippen molar-refractivity contribution in [2.75, 3.05) is 44.7 Å². The SMILES string of the molecule is CC(C)SCc1cc(=O)[nH]c(NCCN2CCOCC2)n1. The lowest BCUT2D eigenvalue weighted by Crippen LogP contribution is -2.39. The van der Waals surface area contributed by atoms with Crippen LogP contribution in [0.1, 0.15) is 19.5 Å². The predicted octanol–water partition coefficient (Wildman–Crippen LogP) is 1.16. The second kappa shape index (κ2) is 8.41. The molecule has 0 spiro atoms. The first-order chi connectivity index (χ1) is 10.1. The van der Waals surface area contributed by atoms with Gasteiger partial charge < -0.3 is 10.1 Å². The molecule has 1 saturated heterocycles. The zero-order valence-corrected chi connectivity index (χ0v) is 13.5. The minimum atomic E-state index is -0.0989. The standard InChI is InChI=1S/C14H24N4O2S/c1-11(2)21-10-12-9-13(19)17-14(16-12)15-3-4-18-5-7-20-8-6-18/h9,11H,3-8,10H2,1-2H3,(H2,15,16,17,19). The van der Waals surface area contributed by atoms with E-state index in [-0.39, 0.29) is 5.56 Å². The van der Waals surface area contributed by atoms with Crippen molar-refractivity contribution < 1.29 is 4.74 Å². The zero-order valence-electron chi connectivity index (χ0n) is 12.7. The molecule has 0 bridgehead atoms. The van der Waals surface area contributed by atoms with Gasteiger partial charge in [0.15, 0.2) is 0 Å². The minimum absolute atomic E-state index is 0.0989. The summed E-state index contributed by atoms with van der Waals surface area (Å²) in [5.41, 5.74) is 0.726. The molecule has 0 radical (unpaired) electrons. The fourth-order valence-corrected chi connectivity index (χ4v) is 2.73. The molecule has 6 nitrogen and oxygen atoms in total. The van der Waals surface area contributed by atoms with Gasteiger partial charge in [0.2, 0.25) is 5.95 Å². The maximum Gasteiger partial charge on any atom is 0.252 e. The molecule has 0 aliphatic carbocycles. The number of anilines is 1. The highest BCUT2D eigenvalue weighted by atomic mass is 32.2. The number of nitrogens with zero attached hydrogens (tertiary/aromatic N) is 2. The number of thioether (sulfide) groups is 1. The van der Waals surface area contributed by atoms with E-state index in [0.29, 0.717) is 11.2 Å². The first-order valence-electron chi connectivity index (χ1n) is 7.39. The van der Waals surface area contributed by atoms with Crippen LogP contribution in [0.4, 0.5) is 5.95 Å². The van der Waals surface area contributed by atoms with Crippen LogP contribution in [0, 0.1) is 0 Å². The quantitative estimate of drug-likeness (QED) is 0.787. The van der Waals surface area contributed by atoms with E-state index in [2.05, 4.69) is 34.0 Å². The fraction of sp³-hybridized carbons (Fsp3) is 0.714. The van der Waals surface area contributed by atoms with Crippen LogP contribution in [-0.4, -0.2) is 59.5 Å². The Morgan fingerprint density at radius 1 is 1.48 bits per heavy atom. The van der Waals surface area contributed by atoms with Crippen molar-refractivity contribution in [1.29, 1.82) is 0 Å². The van der Waals surface area contributed by atoms with Gasteiger partial charge >= 0.3 is 0 Å². The van der Waals surface area contributed by atoms with E-state index in [9.17, 15) is 4.79 Å². The molecule has 1 aromatic rings. The van der Waals surface area contributed by atoms with Crippen LogP contribution < -0.4 is 10.9 Å². The summed E-state index contributed by atoms with van der Waals surface area (Å²) in [6, 6.07) is 1.57. The lowest BCUT2D eigenvalue weighted by molar-refractivity contribution is 0.0398. The third-order valence-electron chi connectivity index (χ3n) is 3.18. The molecule has 1 aromatic heterocycles. The number of aromatic nitrogens is 2. The Bertz CT molecular complexity index is 486. The first-order valence-corrected chi connectivity index (χ1v) is 8.44. The molecule has 0 atom stereocenters. The summed E-state index contributed by atoms with van der Waals surface area (Å²) in [6.45, 7) is 9.52. The van der Waals surface area contributed by atoms with Crippen molar-refractivity contribution in [2.24, 2.45) is 0 Å². The number of rotatable bonds is 7. The second-order valence-electron chi connectivity index (χ2n) is 5.33. The lowest BCUT2D eigenvalue weighted by Gasteiger charge is -2.26. The topological polar surface area (TPSA) is 70.2 Å². The molecular formula is C14H24N4O2S. The van der Waals surface area contributed by atoms with Crippen LogP contribution in [0.3, 0.4) is 0 Å². The summed E-state index contributed by atoms with van der Waals surface area (Å²) in [7, 11) is 0. The number of morpholine rings is 1. The van der Waals surface area contributed by atoms with E-state index in [1.165, 1.54) is 0 Å². The highest BCUT2D eigenvalue weighted by Gasteiger charge is 2.09. The number of aromatic amines is 1. The second-order valence-corrected chi connectivity index (χ2v) is 6.89. The molecule has 7 heteroatoms. The molecule has 0 aromatic carbocycles. The van der Waals surface area contributed by atoms with Crippen LogP contribution in [0.15, 0.2) is 10.9 Å². The smallest absolute Gasteiger partial charge is 0.252 e. The van der Waals surface area contributed by atoms with Crippen molar-refractivity contribution in [3.63, 3.8) is 0 Å². The molecule has 0 saturated carbocycles. The number of nitrogens with one attached hydrogen (secondary N) is 2. The zero-order chi connectivity index (χ0) is 15.1. The Kier molecular flexibility index (Phi) is 6.53. The van der Waals surface area contributed by atoms with Gasteiger partial charge in [-0.25, -0.2) is 4.98 Å². The maximum absolute atomic E-state index is 11.6. The summed E-state index contributed by atoms with van der Waals surface area (Å²) >= 11 is 1.78. The normalized spacial score (nSPS) is 16.3. The molecule has 2 rings (SSSR count). The van der Waals surface area contributed by atoms with Crippen LogP contribution in [0.2, 0.25) is 0 Å². The van der Waals surface area contributed by atoms with Gasteiger partial charge in [-0.2, -0.15) is 11.8 Å². The summed E-state index contributed by atoms with van der Waals surface area (Å²) in [4.78, 5) is 21.2. The van der Waals surface area contributed by atoms with Crippen molar-refractivity contribution in [3.05, 3.63) is 22.1 Å². The van der Waals surface area contributed by atoms with Crippen molar-refractivity contribution >= 4 is 17.7 Å². The number of H-pyrrole nitrogens is 1. The highest BCUT2D eigenvalue weighted by Crippen LogP contribution is 2.15. The largest absolute Gasteiger partial charge is 0.379 e. The number of hydrogen-bond donors (Lipinski definition) is 2. The van der Waals surface area contributed by atoms with Gasteiger partial charge in [-0.15, -0.1) is 0 Å². The van der Waals surface area contributed by atoms with Crippen LogP contribution in [-0.2, 0) is 10.5 Å². The first kappa shape index (κ1) is 16.3. The lowest BCUT2D eigenvalue weighted by atomic mass is 10.4. The molecule has 0 amide bonds. The average molecular weight is 312 g/mol. The van der Waals surface area contributed by atoms with Gasteiger partial charge in [-0.1, -0.05) is 13.8 Å². The molecule has 2 heterocycles. The Balaban J connectivity index is 1.82. The molecular weight excluding hydrogens is 288 g/mol. The summed E-state index contributed by atoms with van der Waals surface area (Å²) in [5.74, 6) is 1.33. The Morgan fingerprint density at radius 3 is 2.95 bits per heavy atom. The Morgan fingerprint density at radius 2 is 2.24 bits per heavy atom. The van der Waals surface area contributed by atoms with Gasteiger partial charge in [0.05, 0.1) is 18.9 Å². The molecule has 1 aliphatic rings. The van der Waals surface area contributed by atoms with E-state index in [1.807, 2.05) is 0 Å². The van der Waals surface area contributed by atoms with Crippen molar-refractivity contribution in [2.45, 2.75) is 24.9 Å². The number of hydrogen-bond acceptors (Lipinski definition) is 6. The molecule has 0 unspecified atom stereocenters. The molecule has 2 N–H and O–H groups in total. The molecule has 1 fully saturated rings. The highest BCUT2D eigenvalue weighted by molar-refractivity contribution is 7.99.